The summed E-state index contributed by atoms with van der Waals surface area (Å²) in [5, 5.41) is 28.5. The number of halogens is 2. The number of rotatable bonds is 9. The quantitative estimate of drug-likeness (QED) is 0.332. The third-order valence-electron chi connectivity index (χ3n) is 5.92. The highest BCUT2D eigenvalue weighted by molar-refractivity contribution is 6.44. The Hall–Kier alpha value is -3.87. The van der Waals surface area contributed by atoms with Crippen LogP contribution >= 0.6 is 11.6 Å². The molecule has 1 fully saturated rings. The number of ether oxygens (including phenoxy) is 1. The number of anilines is 3. The first-order chi connectivity index (χ1) is 17.8. The van der Waals surface area contributed by atoms with E-state index in [1.54, 1.807) is 24.0 Å². The summed E-state index contributed by atoms with van der Waals surface area (Å²) in [6.45, 7) is -0.0617. The maximum absolute atomic E-state index is 13.9. The Kier molecular flexibility index (Phi) is 8.11. The first kappa shape index (κ1) is 26.2. The zero-order chi connectivity index (χ0) is 26.5. The number of aryl methyl sites for hydroxylation is 1. The number of aliphatic hydroxyl groups is 1. The molecule has 1 aliphatic heterocycles. The highest BCUT2D eigenvalue weighted by Crippen LogP contribution is 2.27. The van der Waals surface area contributed by atoms with Gasteiger partial charge in [-0.25, -0.2) is 9.37 Å². The number of nitrogens with zero attached hydrogens (tertiary/aromatic N) is 5. The number of piperidine rings is 1. The van der Waals surface area contributed by atoms with E-state index in [2.05, 4.69) is 25.7 Å². The average Bonchev–Trinajstić information content (AvgIpc) is 3.28. The van der Waals surface area contributed by atoms with E-state index >= 15 is 0 Å². The second kappa shape index (κ2) is 11.5. The van der Waals surface area contributed by atoms with Crippen LogP contribution in [0.25, 0.3) is 0 Å². The molecule has 3 aromatic rings. The molecule has 0 saturated carbocycles. The van der Waals surface area contributed by atoms with E-state index < -0.39 is 17.8 Å². The number of nitrogens with one attached hydrogen (secondary N) is 3. The van der Waals surface area contributed by atoms with Crippen LogP contribution in [-0.2, 0) is 29.7 Å². The van der Waals surface area contributed by atoms with Gasteiger partial charge in [0.2, 0.25) is 5.95 Å². The SMILES string of the molecule is COC[C@H]1C/C(=C/Nc2nc(Nc3ccnn3C)ncc2Cl)C(=N)C(=O)N1Cc1cc(F)ccc1CO. The molecule has 194 valence electrons. The Balaban J connectivity index is 1.54. The van der Waals surface area contributed by atoms with Crippen LogP contribution in [0.4, 0.5) is 22.0 Å². The Morgan fingerprint density at radius 2 is 2.16 bits per heavy atom. The van der Waals surface area contributed by atoms with Gasteiger partial charge < -0.3 is 25.4 Å². The number of aromatic nitrogens is 4. The Bertz CT molecular complexity index is 1350. The molecule has 11 nitrogen and oxygen atoms in total. The van der Waals surface area contributed by atoms with Crippen LogP contribution < -0.4 is 10.6 Å². The number of amides is 1. The Morgan fingerprint density at radius 1 is 1.35 bits per heavy atom. The van der Waals surface area contributed by atoms with Crippen LogP contribution in [0, 0.1) is 11.2 Å². The van der Waals surface area contributed by atoms with Crippen molar-refractivity contribution in [2.24, 2.45) is 7.05 Å². The number of hydrogen-bond acceptors (Lipinski definition) is 9. The van der Waals surface area contributed by atoms with Crippen LogP contribution in [-0.4, -0.2) is 61.1 Å². The summed E-state index contributed by atoms with van der Waals surface area (Å²) >= 11 is 6.26. The van der Waals surface area contributed by atoms with Gasteiger partial charge in [-0.3, -0.25) is 14.9 Å². The van der Waals surface area contributed by atoms with Crippen LogP contribution in [0.15, 0.2) is 48.4 Å². The van der Waals surface area contributed by atoms with E-state index in [9.17, 15) is 14.3 Å². The molecule has 1 atom stereocenters. The van der Waals surface area contributed by atoms with Gasteiger partial charge in [-0.05, 0) is 29.7 Å². The van der Waals surface area contributed by atoms with Crippen molar-refractivity contribution in [3.05, 3.63) is 70.4 Å². The zero-order valence-electron chi connectivity index (χ0n) is 20.2. The summed E-state index contributed by atoms with van der Waals surface area (Å²) in [7, 11) is 3.29. The molecule has 1 aromatic carbocycles. The second-order valence-corrected chi connectivity index (χ2v) is 8.77. The molecule has 0 radical (unpaired) electrons. The molecule has 4 N–H and O–H groups in total. The molecule has 0 bridgehead atoms. The zero-order valence-corrected chi connectivity index (χ0v) is 21.0. The standard InChI is InChI=1S/C24H26ClFN8O3/c1-33-20(5-6-30-33)31-24-29-10-19(25)22(32-24)28-9-15-8-18(13-37-2)34(23(36)21(15)27)11-16-7-17(26)4-3-14(16)12-35/h3-7,9-10,18,27,35H,8,11-13H2,1-2H3,(H2,28,29,31,32)/b15-9-,27-21?/t18-/m1/s1. The van der Waals surface area contributed by atoms with Crippen molar-refractivity contribution in [3.63, 3.8) is 0 Å². The monoisotopic (exact) mass is 528 g/mol. The second-order valence-electron chi connectivity index (χ2n) is 8.36. The van der Waals surface area contributed by atoms with Crippen molar-refractivity contribution in [1.29, 1.82) is 5.41 Å². The first-order valence-corrected chi connectivity index (χ1v) is 11.7. The highest BCUT2D eigenvalue weighted by atomic mass is 35.5. The van der Waals surface area contributed by atoms with E-state index in [0.717, 1.165) is 0 Å². The predicted molar refractivity (Wildman–Crippen MR) is 136 cm³/mol. The fourth-order valence-electron chi connectivity index (χ4n) is 3.96. The minimum absolute atomic E-state index is 0.0321. The number of likely N-dealkylation sites (tertiary alicyclic amines) is 1. The topological polar surface area (TPSA) is 141 Å². The lowest BCUT2D eigenvalue weighted by molar-refractivity contribution is -0.129. The smallest absolute Gasteiger partial charge is 0.272 e. The van der Waals surface area contributed by atoms with Crippen molar-refractivity contribution in [3.8, 4) is 0 Å². The lowest BCUT2D eigenvalue weighted by Crippen LogP contribution is -2.50. The van der Waals surface area contributed by atoms with Crippen molar-refractivity contribution in [1.82, 2.24) is 24.6 Å². The minimum atomic E-state index is -0.540. The van der Waals surface area contributed by atoms with Gasteiger partial charge >= 0.3 is 0 Å². The normalized spacial score (nSPS) is 16.9. The largest absolute Gasteiger partial charge is 0.392 e. The molecular formula is C24H26ClFN8O3. The summed E-state index contributed by atoms with van der Waals surface area (Å²) in [5.41, 5.74) is 1.19. The lowest BCUT2D eigenvalue weighted by Gasteiger charge is -2.37. The van der Waals surface area contributed by atoms with Gasteiger partial charge in [-0.1, -0.05) is 17.7 Å². The lowest BCUT2D eigenvalue weighted by atomic mass is 9.94. The summed E-state index contributed by atoms with van der Waals surface area (Å²) < 4.78 is 20.8. The third kappa shape index (κ3) is 5.93. The fourth-order valence-corrected chi connectivity index (χ4v) is 4.11. The molecule has 0 aliphatic carbocycles. The van der Waals surface area contributed by atoms with Gasteiger partial charge in [0.05, 0.1) is 31.6 Å². The van der Waals surface area contributed by atoms with Gasteiger partial charge in [-0.2, -0.15) is 10.1 Å². The molecule has 3 heterocycles. The van der Waals surface area contributed by atoms with Gasteiger partial charge in [0.25, 0.3) is 5.91 Å². The number of benzene rings is 1. The number of carbonyl (C=O) groups excluding carboxylic acids is 1. The number of aliphatic hydroxyl groups excluding tert-OH is 1. The number of methoxy groups -OCH3 is 1. The van der Waals surface area contributed by atoms with Crippen LogP contribution in [0.3, 0.4) is 0 Å². The highest BCUT2D eigenvalue weighted by Gasteiger charge is 2.35. The van der Waals surface area contributed by atoms with E-state index in [1.807, 2.05) is 0 Å². The van der Waals surface area contributed by atoms with Crippen molar-refractivity contribution in [2.75, 3.05) is 24.4 Å². The average molecular weight is 529 g/mol. The predicted octanol–water partition coefficient (Wildman–Crippen LogP) is 3.00. The van der Waals surface area contributed by atoms with E-state index in [1.165, 1.54) is 42.6 Å². The minimum Gasteiger partial charge on any atom is -0.392 e. The molecule has 13 heteroatoms. The Labute approximate surface area is 217 Å². The number of carbonyl (C=O) groups is 1. The number of hydrogen-bond donors (Lipinski definition) is 4. The van der Waals surface area contributed by atoms with Gasteiger partial charge in [0.1, 0.15) is 22.4 Å². The van der Waals surface area contributed by atoms with Crippen molar-refractivity contribution in [2.45, 2.75) is 25.6 Å². The van der Waals surface area contributed by atoms with Gasteiger partial charge in [-0.15, -0.1) is 0 Å². The maximum atomic E-state index is 13.9. The van der Waals surface area contributed by atoms with Gasteiger partial charge in [0.15, 0.2) is 5.82 Å². The third-order valence-corrected chi connectivity index (χ3v) is 6.20. The van der Waals surface area contributed by atoms with Crippen molar-refractivity contribution >= 4 is 40.8 Å². The maximum Gasteiger partial charge on any atom is 0.272 e. The molecule has 1 aliphatic rings. The molecule has 1 amide bonds. The molecule has 37 heavy (non-hydrogen) atoms. The molecule has 2 aromatic heterocycles. The van der Waals surface area contributed by atoms with Crippen LogP contribution in [0.1, 0.15) is 17.5 Å². The summed E-state index contributed by atoms with van der Waals surface area (Å²) in [6.07, 6.45) is 4.88. The van der Waals surface area contributed by atoms with Crippen LogP contribution in [0.2, 0.25) is 5.02 Å². The van der Waals surface area contributed by atoms with E-state index in [-0.39, 0.29) is 42.3 Å². The van der Waals surface area contributed by atoms with E-state index in [4.69, 9.17) is 21.7 Å². The van der Waals surface area contributed by atoms with Crippen LogP contribution in [0.5, 0.6) is 0 Å². The first-order valence-electron chi connectivity index (χ1n) is 11.3. The molecule has 0 unspecified atom stereocenters. The summed E-state index contributed by atoms with van der Waals surface area (Å²) in [6, 6.07) is 5.36. The fraction of sp³-hybridized carbons (Fsp3) is 0.292. The molecule has 0 spiro atoms. The molecular weight excluding hydrogens is 503 g/mol. The summed E-state index contributed by atoms with van der Waals surface area (Å²) in [5.74, 6) is 0.228. The summed E-state index contributed by atoms with van der Waals surface area (Å²) in [4.78, 5) is 23.2. The van der Waals surface area contributed by atoms with Gasteiger partial charge in [0, 0.05) is 38.5 Å². The van der Waals surface area contributed by atoms with E-state index in [0.29, 0.717) is 28.9 Å². The van der Waals surface area contributed by atoms with Crippen molar-refractivity contribution < 1.29 is 19.0 Å². The molecule has 1 saturated heterocycles. The Morgan fingerprint density at radius 3 is 2.86 bits per heavy atom. The molecule has 4 rings (SSSR count).